The maximum atomic E-state index is 8.19. The van der Waals surface area contributed by atoms with Gasteiger partial charge in [0, 0.05) is 11.5 Å². The molecule has 0 fully saturated rings. The molecule has 2 aromatic carbocycles. The number of aryl methyl sites for hydroxylation is 1. The van der Waals surface area contributed by atoms with Crippen LogP contribution in [0.25, 0.3) is 27.3 Å². The van der Waals surface area contributed by atoms with Gasteiger partial charge in [0.2, 0.25) is 0 Å². The number of nitrogens with zero attached hydrogens (tertiary/aromatic N) is 3. The minimum atomic E-state index is 0.511. The summed E-state index contributed by atoms with van der Waals surface area (Å²) < 4.78 is 0. The van der Waals surface area contributed by atoms with Gasteiger partial charge >= 0.3 is 0 Å². The van der Waals surface area contributed by atoms with Crippen molar-refractivity contribution in [3.8, 4) is 0 Å². The second-order valence-corrected chi connectivity index (χ2v) is 4.16. The van der Waals surface area contributed by atoms with Crippen molar-refractivity contribution in [1.29, 1.82) is 0 Å². The fourth-order valence-electron chi connectivity index (χ4n) is 2.01. The topological polar surface area (TPSA) is 48.8 Å². The van der Waals surface area contributed by atoms with Gasteiger partial charge in [-0.05, 0) is 40.8 Å². The fraction of sp³-hybridized carbons (Fsp3) is 0.200. The zero-order chi connectivity index (χ0) is 12.8. The molecule has 0 aliphatic heterocycles. The Morgan fingerprint density at radius 2 is 1.94 bits per heavy atom. The predicted octanol–water partition coefficient (Wildman–Crippen LogP) is 4.86. The van der Waals surface area contributed by atoms with Gasteiger partial charge < -0.3 is 0 Å². The van der Waals surface area contributed by atoms with Gasteiger partial charge in [-0.3, -0.25) is 0 Å². The molecule has 0 radical (unpaired) electrons. The van der Waals surface area contributed by atoms with Crippen molar-refractivity contribution in [3.63, 3.8) is 0 Å². The van der Waals surface area contributed by atoms with Gasteiger partial charge in [0.05, 0.1) is 0 Å². The number of fused-ring (bicyclic) bond motifs is 1. The molecule has 0 unspecified atom stereocenters. The van der Waals surface area contributed by atoms with Gasteiger partial charge in [0.25, 0.3) is 0 Å². The zero-order valence-corrected chi connectivity index (χ0v) is 10.4. The van der Waals surface area contributed by atoms with E-state index in [-0.39, 0.29) is 0 Å². The number of azide groups is 1. The largest absolute Gasteiger partial charge is 0.0937 e. The second kappa shape index (κ2) is 5.89. The summed E-state index contributed by atoms with van der Waals surface area (Å²) in [5, 5.41) is 6.06. The molecule has 0 aliphatic carbocycles. The molecule has 0 saturated carbocycles. The van der Waals surface area contributed by atoms with Crippen LogP contribution in [-0.4, -0.2) is 6.54 Å². The summed E-state index contributed by atoms with van der Waals surface area (Å²) in [6.45, 7) is 2.63. The van der Waals surface area contributed by atoms with E-state index in [1.54, 1.807) is 0 Å². The van der Waals surface area contributed by atoms with E-state index in [1.807, 2.05) is 6.08 Å². The molecule has 18 heavy (non-hydrogen) atoms. The average molecular weight is 237 g/mol. The molecule has 90 valence electrons. The predicted molar refractivity (Wildman–Crippen MR) is 76.3 cm³/mol. The monoisotopic (exact) mass is 237 g/mol. The van der Waals surface area contributed by atoms with Crippen LogP contribution < -0.4 is 0 Å². The Morgan fingerprint density at radius 1 is 1.17 bits per heavy atom. The van der Waals surface area contributed by atoms with E-state index in [1.165, 1.54) is 21.9 Å². The molecule has 2 aromatic rings. The first-order valence-corrected chi connectivity index (χ1v) is 5.98. The molecule has 0 atom stereocenters. The molecule has 0 N–H and O–H groups in total. The van der Waals surface area contributed by atoms with Gasteiger partial charge in [0.15, 0.2) is 0 Å². The van der Waals surface area contributed by atoms with E-state index < -0.39 is 0 Å². The lowest BCUT2D eigenvalue weighted by molar-refractivity contribution is 0.996. The summed E-state index contributed by atoms with van der Waals surface area (Å²) in [6, 6.07) is 12.7. The van der Waals surface area contributed by atoms with Crippen LogP contribution in [0.4, 0.5) is 0 Å². The lowest BCUT2D eigenvalue weighted by Gasteiger charge is -2.05. The first-order valence-electron chi connectivity index (χ1n) is 5.98. The highest BCUT2D eigenvalue weighted by atomic mass is 15.1. The molecule has 3 heteroatoms. The molecule has 2 rings (SSSR count). The van der Waals surface area contributed by atoms with E-state index in [2.05, 4.69) is 59.4 Å². The molecule has 0 bridgehead atoms. The first-order chi connectivity index (χ1) is 8.83. The average Bonchev–Trinajstić information content (AvgIpc) is 2.41. The summed E-state index contributed by atoms with van der Waals surface area (Å²) in [4.78, 5) is 2.73. The molecule has 0 spiro atoms. The van der Waals surface area contributed by atoms with Crippen molar-refractivity contribution < 1.29 is 0 Å². The van der Waals surface area contributed by atoms with E-state index in [0.717, 1.165) is 6.42 Å². The molecule has 0 heterocycles. The fourth-order valence-corrected chi connectivity index (χ4v) is 2.01. The van der Waals surface area contributed by atoms with Crippen molar-refractivity contribution in [2.75, 3.05) is 6.54 Å². The number of hydrogen-bond acceptors (Lipinski definition) is 1. The van der Waals surface area contributed by atoms with E-state index >= 15 is 0 Å². The maximum absolute atomic E-state index is 8.19. The Bertz CT molecular complexity index is 623. The Kier molecular flexibility index (Phi) is 4.00. The van der Waals surface area contributed by atoms with Crippen LogP contribution >= 0.6 is 0 Å². The van der Waals surface area contributed by atoms with Crippen LogP contribution in [0.1, 0.15) is 17.5 Å². The third-order valence-electron chi connectivity index (χ3n) is 2.93. The van der Waals surface area contributed by atoms with Crippen molar-refractivity contribution in [2.45, 2.75) is 13.3 Å². The van der Waals surface area contributed by atoms with Gasteiger partial charge in [0.1, 0.15) is 0 Å². The van der Waals surface area contributed by atoms with E-state index in [4.69, 9.17) is 5.53 Å². The Labute approximate surface area is 106 Å². The lowest BCUT2D eigenvalue weighted by atomic mass is 10.00. The molecule has 0 aliphatic rings. The van der Waals surface area contributed by atoms with Crippen molar-refractivity contribution >= 4 is 16.8 Å². The quantitative estimate of drug-likeness (QED) is 0.315. The molecular weight excluding hydrogens is 222 g/mol. The van der Waals surface area contributed by atoms with Crippen molar-refractivity contribution in [3.05, 3.63) is 64.0 Å². The Morgan fingerprint density at radius 3 is 2.72 bits per heavy atom. The van der Waals surface area contributed by atoms with Crippen LogP contribution in [0.5, 0.6) is 0 Å². The minimum Gasteiger partial charge on any atom is -0.0937 e. The highest BCUT2D eigenvalue weighted by Crippen LogP contribution is 2.23. The number of benzene rings is 2. The van der Waals surface area contributed by atoms with Gasteiger partial charge in [-0.15, -0.1) is 0 Å². The van der Waals surface area contributed by atoms with E-state index in [9.17, 15) is 0 Å². The smallest absolute Gasteiger partial charge is 0.0292 e. The third-order valence-corrected chi connectivity index (χ3v) is 2.93. The Balaban J connectivity index is 2.28. The van der Waals surface area contributed by atoms with Gasteiger partial charge in [-0.1, -0.05) is 53.7 Å². The minimum absolute atomic E-state index is 0.511. The molecule has 0 aromatic heterocycles. The third kappa shape index (κ3) is 2.70. The molecular formula is C15H15N3. The molecule has 3 nitrogen and oxygen atoms in total. The normalized spacial score (nSPS) is 10.7. The van der Waals surface area contributed by atoms with Crippen LogP contribution in [0.3, 0.4) is 0 Å². The molecule has 0 amide bonds. The van der Waals surface area contributed by atoms with Crippen LogP contribution in [0.2, 0.25) is 0 Å². The Hall–Kier alpha value is -2.25. The standard InChI is InChI=1S/C15H15N3/c1-12-9-10-13(6-4-5-11-17-18-16)15-8-3-2-7-14(12)15/h2-4,6-10H,5,11H2,1H3. The summed E-state index contributed by atoms with van der Waals surface area (Å²) >= 11 is 0. The van der Waals surface area contributed by atoms with Gasteiger partial charge in [-0.2, -0.15) is 0 Å². The zero-order valence-electron chi connectivity index (χ0n) is 10.4. The first kappa shape index (κ1) is 12.2. The number of hydrogen-bond donors (Lipinski definition) is 0. The lowest BCUT2D eigenvalue weighted by Crippen LogP contribution is -1.82. The van der Waals surface area contributed by atoms with E-state index in [0.29, 0.717) is 6.54 Å². The summed E-state index contributed by atoms with van der Waals surface area (Å²) in [7, 11) is 0. The van der Waals surface area contributed by atoms with Gasteiger partial charge in [-0.25, -0.2) is 0 Å². The molecule has 0 saturated heterocycles. The second-order valence-electron chi connectivity index (χ2n) is 4.16. The highest BCUT2D eigenvalue weighted by Gasteiger charge is 1.99. The maximum Gasteiger partial charge on any atom is 0.0292 e. The van der Waals surface area contributed by atoms with Crippen LogP contribution in [-0.2, 0) is 0 Å². The highest BCUT2D eigenvalue weighted by molar-refractivity contribution is 5.92. The SMILES string of the molecule is Cc1ccc(C=CCCN=[N+]=[N-])c2ccccc12. The summed E-state index contributed by atoms with van der Waals surface area (Å²) in [5.41, 5.74) is 10.7. The van der Waals surface area contributed by atoms with Crippen LogP contribution in [0, 0.1) is 6.92 Å². The van der Waals surface area contributed by atoms with Crippen molar-refractivity contribution in [2.24, 2.45) is 5.11 Å². The summed E-state index contributed by atoms with van der Waals surface area (Å²) in [5.74, 6) is 0. The van der Waals surface area contributed by atoms with Crippen LogP contribution in [0.15, 0.2) is 47.6 Å². The summed E-state index contributed by atoms with van der Waals surface area (Å²) in [6.07, 6.45) is 4.91. The number of rotatable bonds is 4. The van der Waals surface area contributed by atoms with Crippen molar-refractivity contribution in [1.82, 2.24) is 0 Å².